The molecule has 0 aliphatic heterocycles. The highest BCUT2D eigenvalue weighted by Crippen LogP contribution is 2.31. The van der Waals surface area contributed by atoms with Crippen molar-refractivity contribution in [2.45, 2.75) is 26.8 Å². The minimum atomic E-state index is 0.0562. The lowest BCUT2D eigenvalue weighted by Gasteiger charge is -2.17. The summed E-state index contributed by atoms with van der Waals surface area (Å²) in [5.74, 6) is 2.72. The van der Waals surface area contributed by atoms with E-state index in [1.54, 1.807) is 0 Å². The van der Waals surface area contributed by atoms with E-state index in [0.717, 1.165) is 33.9 Å². The summed E-state index contributed by atoms with van der Waals surface area (Å²) in [5.41, 5.74) is 1.15. The molecule has 0 saturated heterocycles. The van der Waals surface area contributed by atoms with E-state index in [1.807, 2.05) is 32.0 Å². The van der Waals surface area contributed by atoms with Crippen LogP contribution in [0.1, 0.15) is 37.0 Å². The number of rotatable bonds is 6. The van der Waals surface area contributed by atoms with Crippen LogP contribution in [0.5, 0.6) is 5.75 Å². The Balaban J connectivity index is 2.32. The zero-order valence-electron chi connectivity index (χ0n) is 12.1. The zero-order chi connectivity index (χ0) is 14.5. The van der Waals surface area contributed by atoms with Crippen LogP contribution in [0.15, 0.2) is 39.2 Å². The smallest absolute Gasteiger partial charge is 0.133 e. The van der Waals surface area contributed by atoms with Crippen LogP contribution in [-0.4, -0.2) is 13.2 Å². The lowest BCUT2D eigenvalue weighted by molar-refractivity contribution is 0.338. The van der Waals surface area contributed by atoms with Crippen molar-refractivity contribution in [3.05, 3.63) is 51.9 Å². The molecule has 0 aliphatic rings. The first-order valence-electron chi connectivity index (χ1n) is 6.87. The van der Waals surface area contributed by atoms with E-state index in [0.29, 0.717) is 6.61 Å². The van der Waals surface area contributed by atoms with Gasteiger partial charge in [-0.05, 0) is 66.2 Å². The van der Waals surface area contributed by atoms with Crippen LogP contribution in [0, 0.1) is 6.92 Å². The van der Waals surface area contributed by atoms with Crippen LogP contribution in [-0.2, 0) is 0 Å². The molecule has 1 atom stereocenters. The summed E-state index contributed by atoms with van der Waals surface area (Å²) in [6.45, 7) is 7.56. The molecule has 2 aromatic rings. The Morgan fingerprint density at radius 1 is 1.25 bits per heavy atom. The van der Waals surface area contributed by atoms with E-state index in [2.05, 4.69) is 40.3 Å². The van der Waals surface area contributed by atoms with Gasteiger partial charge in [-0.1, -0.05) is 13.0 Å². The Hall–Kier alpha value is -1.26. The van der Waals surface area contributed by atoms with Crippen LogP contribution < -0.4 is 10.1 Å². The van der Waals surface area contributed by atoms with Crippen LogP contribution in [0.25, 0.3) is 0 Å². The Labute approximate surface area is 128 Å². The van der Waals surface area contributed by atoms with Gasteiger partial charge in [0.25, 0.3) is 0 Å². The minimum absolute atomic E-state index is 0.0562. The van der Waals surface area contributed by atoms with Gasteiger partial charge >= 0.3 is 0 Å². The molecule has 0 amide bonds. The van der Waals surface area contributed by atoms with Gasteiger partial charge in [0.15, 0.2) is 0 Å². The molecule has 108 valence electrons. The molecule has 0 bridgehead atoms. The first-order chi connectivity index (χ1) is 9.65. The highest BCUT2D eigenvalue weighted by molar-refractivity contribution is 9.10. The number of aryl methyl sites for hydroxylation is 1. The van der Waals surface area contributed by atoms with Gasteiger partial charge in [-0.15, -0.1) is 0 Å². The standard InChI is InChI=1S/C16H20BrNO2/c1-4-18-16(15-8-6-11(3)20-15)12-7-9-14(19-5-2)13(17)10-12/h6-10,16,18H,4-5H2,1-3H3. The summed E-state index contributed by atoms with van der Waals surface area (Å²) < 4.78 is 12.3. The van der Waals surface area contributed by atoms with E-state index in [9.17, 15) is 0 Å². The number of nitrogens with one attached hydrogen (secondary N) is 1. The maximum absolute atomic E-state index is 5.76. The van der Waals surface area contributed by atoms with Crippen LogP contribution in [0.4, 0.5) is 0 Å². The molecule has 1 heterocycles. The van der Waals surface area contributed by atoms with Crippen molar-refractivity contribution in [1.29, 1.82) is 0 Å². The average Bonchev–Trinajstić information content (AvgIpc) is 2.85. The third kappa shape index (κ3) is 3.44. The first-order valence-corrected chi connectivity index (χ1v) is 7.67. The highest BCUT2D eigenvalue weighted by atomic mass is 79.9. The molecule has 0 spiro atoms. The molecule has 1 aromatic carbocycles. The van der Waals surface area contributed by atoms with Gasteiger partial charge in [-0.25, -0.2) is 0 Å². The molecule has 0 saturated carbocycles. The third-order valence-corrected chi connectivity index (χ3v) is 3.66. The number of hydrogen-bond acceptors (Lipinski definition) is 3. The molecule has 0 aliphatic carbocycles. The van der Waals surface area contributed by atoms with Crippen molar-refractivity contribution in [2.75, 3.05) is 13.2 Å². The van der Waals surface area contributed by atoms with Gasteiger partial charge in [-0.3, -0.25) is 0 Å². The molecule has 4 heteroatoms. The summed E-state index contributed by atoms with van der Waals surface area (Å²) in [6, 6.07) is 10.2. The largest absolute Gasteiger partial charge is 0.493 e. The van der Waals surface area contributed by atoms with Gasteiger partial charge in [0.05, 0.1) is 17.1 Å². The number of hydrogen-bond donors (Lipinski definition) is 1. The van der Waals surface area contributed by atoms with Crippen molar-refractivity contribution in [3.63, 3.8) is 0 Å². The Kier molecular flexibility index (Phi) is 5.26. The third-order valence-electron chi connectivity index (χ3n) is 3.04. The van der Waals surface area contributed by atoms with Crippen molar-refractivity contribution in [1.82, 2.24) is 5.32 Å². The van der Waals surface area contributed by atoms with E-state index in [-0.39, 0.29) is 6.04 Å². The van der Waals surface area contributed by atoms with Gasteiger partial charge in [0.2, 0.25) is 0 Å². The van der Waals surface area contributed by atoms with Gasteiger partial charge in [-0.2, -0.15) is 0 Å². The van der Waals surface area contributed by atoms with E-state index in [4.69, 9.17) is 9.15 Å². The molecule has 1 aromatic heterocycles. The second-order valence-electron chi connectivity index (χ2n) is 4.56. The molecule has 2 rings (SSSR count). The topological polar surface area (TPSA) is 34.4 Å². The number of halogens is 1. The van der Waals surface area contributed by atoms with Crippen LogP contribution in [0.2, 0.25) is 0 Å². The Bertz CT molecular complexity index is 565. The van der Waals surface area contributed by atoms with Crippen molar-refractivity contribution in [3.8, 4) is 5.75 Å². The molecular formula is C16H20BrNO2. The summed E-state index contributed by atoms with van der Waals surface area (Å²) in [6.07, 6.45) is 0. The maximum Gasteiger partial charge on any atom is 0.133 e. The Morgan fingerprint density at radius 3 is 2.60 bits per heavy atom. The van der Waals surface area contributed by atoms with E-state index < -0.39 is 0 Å². The molecule has 20 heavy (non-hydrogen) atoms. The van der Waals surface area contributed by atoms with Gasteiger partial charge < -0.3 is 14.5 Å². The lowest BCUT2D eigenvalue weighted by Crippen LogP contribution is -2.21. The minimum Gasteiger partial charge on any atom is -0.493 e. The zero-order valence-corrected chi connectivity index (χ0v) is 13.7. The summed E-state index contributed by atoms with van der Waals surface area (Å²) >= 11 is 3.56. The fourth-order valence-electron chi connectivity index (χ4n) is 2.16. The molecular weight excluding hydrogens is 318 g/mol. The first kappa shape index (κ1) is 15.1. The second-order valence-corrected chi connectivity index (χ2v) is 5.42. The Morgan fingerprint density at radius 2 is 2.05 bits per heavy atom. The summed E-state index contributed by atoms with van der Waals surface area (Å²) in [5, 5.41) is 3.45. The van der Waals surface area contributed by atoms with Crippen molar-refractivity contribution < 1.29 is 9.15 Å². The van der Waals surface area contributed by atoms with Gasteiger partial charge in [0.1, 0.15) is 17.3 Å². The van der Waals surface area contributed by atoms with E-state index in [1.165, 1.54) is 0 Å². The molecule has 0 radical (unpaired) electrons. The number of benzene rings is 1. The normalized spacial score (nSPS) is 12.4. The lowest BCUT2D eigenvalue weighted by atomic mass is 10.0. The van der Waals surface area contributed by atoms with Crippen molar-refractivity contribution >= 4 is 15.9 Å². The second kappa shape index (κ2) is 6.95. The van der Waals surface area contributed by atoms with Gasteiger partial charge in [0, 0.05) is 0 Å². The molecule has 1 N–H and O–H groups in total. The van der Waals surface area contributed by atoms with Crippen LogP contribution in [0.3, 0.4) is 0 Å². The molecule has 0 fully saturated rings. The quantitative estimate of drug-likeness (QED) is 0.845. The summed E-state index contributed by atoms with van der Waals surface area (Å²) in [4.78, 5) is 0. The summed E-state index contributed by atoms with van der Waals surface area (Å²) in [7, 11) is 0. The van der Waals surface area contributed by atoms with Crippen LogP contribution >= 0.6 is 15.9 Å². The number of ether oxygens (including phenoxy) is 1. The average molecular weight is 338 g/mol. The molecule has 3 nitrogen and oxygen atoms in total. The number of furan rings is 1. The highest BCUT2D eigenvalue weighted by Gasteiger charge is 2.17. The van der Waals surface area contributed by atoms with Crippen molar-refractivity contribution in [2.24, 2.45) is 0 Å². The van der Waals surface area contributed by atoms with E-state index >= 15 is 0 Å². The monoisotopic (exact) mass is 337 g/mol. The fraction of sp³-hybridized carbons (Fsp3) is 0.375. The fourth-order valence-corrected chi connectivity index (χ4v) is 2.68. The maximum atomic E-state index is 5.76. The SMILES string of the molecule is CCNC(c1ccc(OCC)c(Br)c1)c1ccc(C)o1. The predicted molar refractivity (Wildman–Crippen MR) is 84.3 cm³/mol. The molecule has 1 unspecified atom stereocenters. The predicted octanol–water partition coefficient (Wildman–Crippen LogP) is 4.45.